The summed E-state index contributed by atoms with van der Waals surface area (Å²) in [4.78, 5) is 26.9. The fourth-order valence-electron chi connectivity index (χ4n) is 4.85. The topological polar surface area (TPSA) is 76.5 Å². The molecule has 1 aliphatic heterocycles. The number of piperidine rings is 1. The van der Waals surface area contributed by atoms with Crippen LogP contribution in [0.4, 0.5) is 22.0 Å². The highest BCUT2D eigenvalue weighted by Gasteiger charge is 2.47. The molecule has 0 unspecified atom stereocenters. The molecule has 0 bridgehead atoms. The Labute approximate surface area is 235 Å². The van der Waals surface area contributed by atoms with Gasteiger partial charge in [0.2, 0.25) is 5.91 Å². The third-order valence-electron chi connectivity index (χ3n) is 7.18. The van der Waals surface area contributed by atoms with E-state index >= 15 is 0 Å². The molecule has 1 fully saturated rings. The third-order valence-corrected chi connectivity index (χ3v) is 7.54. The highest BCUT2D eigenvalue weighted by Crippen LogP contribution is 2.43. The number of carbonyl (C=O) groups excluding carboxylic acids is 2. The molecule has 1 N–H and O–H groups in total. The number of carbonyl (C=O) groups is 2. The smallest absolute Gasteiger partial charge is 0.394 e. The molecular weight excluding hydrogens is 559 g/mol. The molecule has 1 aromatic heterocycles. The van der Waals surface area contributed by atoms with Crippen molar-refractivity contribution in [2.45, 2.75) is 79.3 Å². The minimum Gasteiger partial charge on any atom is -0.434 e. The zero-order chi connectivity index (χ0) is 30.0. The van der Waals surface area contributed by atoms with Crippen LogP contribution in [-0.4, -0.2) is 58.4 Å². The van der Waals surface area contributed by atoms with Gasteiger partial charge < -0.3 is 15.0 Å². The number of alkyl halides is 5. The van der Waals surface area contributed by atoms with Crippen LogP contribution in [0, 0.1) is 11.3 Å². The van der Waals surface area contributed by atoms with Gasteiger partial charge in [0.15, 0.2) is 5.69 Å². The lowest BCUT2D eigenvalue weighted by Crippen LogP contribution is -2.50. The van der Waals surface area contributed by atoms with Gasteiger partial charge in [0.25, 0.3) is 5.91 Å². The predicted molar refractivity (Wildman–Crippen MR) is 140 cm³/mol. The van der Waals surface area contributed by atoms with Gasteiger partial charge in [0.1, 0.15) is 5.75 Å². The predicted octanol–water partition coefficient (Wildman–Crippen LogP) is 6.33. The van der Waals surface area contributed by atoms with Gasteiger partial charge in [-0.2, -0.15) is 27.1 Å². The summed E-state index contributed by atoms with van der Waals surface area (Å²) in [6.07, 6.45) is -3.36. The summed E-state index contributed by atoms with van der Waals surface area (Å²) in [6.45, 7) is 5.00. The molecule has 2 amide bonds. The Morgan fingerprint density at radius 1 is 1.23 bits per heavy atom. The monoisotopic (exact) mass is 592 g/mol. The van der Waals surface area contributed by atoms with Gasteiger partial charge >= 0.3 is 12.8 Å². The average Bonchev–Trinajstić information content (AvgIpc) is 3.18. The first-order valence-corrected chi connectivity index (χ1v) is 13.4. The maximum atomic E-state index is 13.4. The molecule has 7 nitrogen and oxygen atoms in total. The Kier molecular flexibility index (Phi) is 9.74. The van der Waals surface area contributed by atoms with E-state index in [9.17, 15) is 31.5 Å². The van der Waals surface area contributed by atoms with E-state index in [1.165, 1.54) is 23.7 Å². The second kappa shape index (κ2) is 12.3. The van der Waals surface area contributed by atoms with E-state index in [1.54, 1.807) is 11.8 Å². The maximum Gasteiger partial charge on any atom is 0.394 e. The number of hydrogen-bond donors (Lipinski definition) is 1. The Hall–Kier alpha value is -2.89. The lowest BCUT2D eigenvalue weighted by atomic mass is 9.84. The summed E-state index contributed by atoms with van der Waals surface area (Å²) < 4.78 is 73.0. The van der Waals surface area contributed by atoms with Crippen LogP contribution < -0.4 is 10.1 Å². The average molecular weight is 593 g/mol. The second-order valence-corrected chi connectivity index (χ2v) is 11.2. The van der Waals surface area contributed by atoms with Crippen LogP contribution >= 0.6 is 11.6 Å². The van der Waals surface area contributed by atoms with Crippen molar-refractivity contribution >= 4 is 23.4 Å². The van der Waals surface area contributed by atoms with Crippen LogP contribution in [0.5, 0.6) is 5.75 Å². The number of ether oxygens (including phenoxy) is 1. The lowest BCUT2D eigenvalue weighted by Gasteiger charge is -2.38. The Balaban J connectivity index is 1.92. The van der Waals surface area contributed by atoms with E-state index in [0.717, 1.165) is 32.8 Å². The normalized spacial score (nSPS) is 18.2. The first-order valence-electron chi connectivity index (χ1n) is 13.0. The fraction of sp³-hybridized carbons (Fsp3) is 0.593. The van der Waals surface area contributed by atoms with Crippen molar-refractivity contribution in [3.8, 4) is 17.0 Å². The molecule has 2 heterocycles. The van der Waals surface area contributed by atoms with Crippen molar-refractivity contribution in [1.29, 1.82) is 0 Å². The number of nitrogens with one attached hydrogen (secondary N) is 1. The number of halogens is 6. The third kappa shape index (κ3) is 7.05. The van der Waals surface area contributed by atoms with E-state index < -0.39 is 30.5 Å². The minimum atomic E-state index is -4.51. The van der Waals surface area contributed by atoms with Crippen molar-refractivity contribution in [2.75, 3.05) is 13.1 Å². The van der Waals surface area contributed by atoms with E-state index in [1.807, 2.05) is 0 Å². The van der Waals surface area contributed by atoms with E-state index in [2.05, 4.69) is 22.1 Å². The van der Waals surface area contributed by atoms with Crippen LogP contribution in [-0.2, 0) is 17.8 Å². The van der Waals surface area contributed by atoms with Gasteiger partial charge in [-0.05, 0) is 49.8 Å². The minimum absolute atomic E-state index is 0.0521. The van der Waals surface area contributed by atoms with Crippen LogP contribution in [0.2, 0.25) is 5.02 Å². The summed E-state index contributed by atoms with van der Waals surface area (Å²) in [5.41, 5.74) is -1.96. The Morgan fingerprint density at radius 2 is 1.90 bits per heavy atom. The molecule has 3 rings (SSSR count). The number of aryl methyl sites for hydroxylation is 1. The number of benzene rings is 1. The molecule has 1 saturated heterocycles. The van der Waals surface area contributed by atoms with Crippen LogP contribution in [0.15, 0.2) is 18.2 Å². The molecular formula is C27H34ClF5N4O3. The SMILES string of the molecule is CCn1nc(C(=O)NC[C@@H]2CC[C@@H](C)CN2C(C)=O)c(Cl)c1-c1ccc(CC(C)(C)C(F)(F)F)cc1OC(F)F. The van der Waals surface area contributed by atoms with Gasteiger partial charge in [0.05, 0.1) is 16.1 Å². The van der Waals surface area contributed by atoms with Gasteiger partial charge in [-0.15, -0.1) is 0 Å². The standard InChI is InChI=1S/C27H34ClF5N4O3/c1-6-37-23(19-10-8-17(11-20(19)40-25(29)30)12-26(4,5)27(31,32)33)21(28)22(35-37)24(39)34-13-18-9-7-15(2)14-36(18)16(3)38/h8,10-11,15,18,25H,6-7,9,12-14H2,1-5H3,(H,34,39)/t15-,18+/m1/s1. The van der Waals surface area contributed by atoms with Crippen molar-refractivity contribution in [1.82, 2.24) is 20.0 Å². The summed E-state index contributed by atoms with van der Waals surface area (Å²) in [6, 6.07) is 3.65. The summed E-state index contributed by atoms with van der Waals surface area (Å²) >= 11 is 6.57. The van der Waals surface area contributed by atoms with E-state index in [-0.39, 0.29) is 58.3 Å². The first-order chi connectivity index (χ1) is 18.6. The molecule has 13 heteroatoms. The zero-order valence-electron chi connectivity index (χ0n) is 23.0. The fourth-order valence-corrected chi connectivity index (χ4v) is 5.17. The summed E-state index contributed by atoms with van der Waals surface area (Å²) in [7, 11) is 0. The summed E-state index contributed by atoms with van der Waals surface area (Å²) in [5, 5.41) is 6.92. The Morgan fingerprint density at radius 3 is 2.48 bits per heavy atom. The molecule has 40 heavy (non-hydrogen) atoms. The molecule has 1 aliphatic rings. The number of rotatable bonds is 9. The van der Waals surface area contributed by atoms with Gasteiger partial charge in [-0.25, -0.2) is 0 Å². The number of likely N-dealkylation sites (tertiary alicyclic amines) is 1. The lowest BCUT2D eigenvalue weighted by molar-refractivity contribution is -0.211. The maximum absolute atomic E-state index is 13.4. The zero-order valence-corrected chi connectivity index (χ0v) is 23.8. The molecule has 222 valence electrons. The first kappa shape index (κ1) is 31.6. The van der Waals surface area contributed by atoms with E-state index in [4.69, 9.17) is 11.6 Å². The number of aromatic nitrogens is 2. The molecule has 0 aliphatic carbocycles. The number of hydrogen-bond acceptors (Lipinski definition) is 4. The molecule has 0 saturated carbocycles. The van der Waals surface area contributed by atoms with Crippen LogP contribution in [0.1, 0.15) is 63.5 Å². The van der Waals surface area contributed by atoms with Crippen molar-refractivity contribution < 1.29 is 36.3 Å². The highest BCUT2D eigenvalue weighted by atomic mass is 35.5. The number of nitrogens with zero attached hydrogens (tertiary/aromatic N) is 3. The largest absolute Gasteiger partial charge is 0.434 e. The van der Waals surface area contributed by atoms with E-state index in [0.29, 0.717) is 12.5 Å². The van der Waals surface area contributed by atoms with Crippen LogP contribution in [0.25, 0.3) is 11.3 Å². The Bertz CT molecular complexity index is 1230. The molecule has 1 aromatic carbocycles. The van der Waals surface area contributed by atoms with Crippen molar-refractivity contribution in [2.24, 2.45) is 11.3 Å². The summed E-state index contributed by atoms with van der Waals surface area (Å²) in [5.74, 6) is -0.735. The van der Waals surface area contributed by atoms with Crippen molar-refractivity contribution in [3.63, 3.8) is 0 Å². The second-order valence-electron chi connectivity index (χ2n) is 10.8. The van der Waals surface area contributed by atoms with Gasteiger partial charge in [0, 0.05) is 38.2 Å². The molecule has 0 spiro atoms. The van der Waals surface area contributed by atoms with Gasteiger partial charge in [-0.1, -0.05) is 38.4 Å². The number of amides is 2. The van der Waals surface area contributed by atoms with Crippen molar-refractivity contribution in [3.05, 3.63) is 34.5 Å². The quantitative estimate of drug-likeness (QED) is 0.345. The molecule has 2 atom stereocenters. The van der Waals surface area contributed by atoms with Gasteiger partial charge in [-0.3, -0.25) is 14.3 Å². The van der Waals surface area contributed by atoms with Crippen LogP contribution in [0.3, 0.4) is 0 Å². The highest BCUT2D eigenvalue weighted by molar-refractivity contribution is 6.36. The molecule has 2 aromatic rings. The molecule has 0 radical (unpaired) electrons.